The highest BCUT2D eigenvalue weighted by Crippen LogP contribution is 2.33. The third kappa shape index (κ3) is 3.09. The molecule has 0 aliphatic rings. The number of pyridine rings is 1. The van der Waals surface area contributed by atoms with Gasteiger partial charge in [0.15, 0.2) is 4.90 Å². The zero-order chi connectivity index (χ0) is 14.9. The maximum atomic E-state index is 12.1. The number of hydrogen-bond acceptors (Lipinski definition) is 3. The summed E-state index contributed by atoms with van der Waals surface area (Å²) in [5.41, 5.74) is -0.614. The molecule has 0 amide bonds. The molecule has 0 saturated heterocycles. The summed E-state index contributed by atoms with van der Waals surface area (Å²) in [4.78, 5) is 13.6. The number of benzene rings is 1. The first kappa shape index (κ1) is 15.2. The molecule has 106 valence electrons. The highest BCUT2D eigenvalue weighted by atomic mass is 35.5. The van der Waals surface area contributed by atoms with Gasteiger partial charge in [0.2, 0.25) is 5.43 Å². The monoisotopic (exact) mass is 352 g/mol. The number of halogens is 3. The summed E-state index contributed by atoms with van der Waals surface area (Å²) < 4.78 is 26.4. The van der Waals surface area contributed by atoms with E-state index in [1.54, 1.807) is 0 Å². The molecule has 2 rings (SSSR count). The van der Waals surface area contributed by atoms with E-state index >= 15 is 0 Å². The van der Waals surface area contributed by atoms with Crippen molar-refractivity contribution in [3.05, 3.63) is 55.9 Å². The number of sulfonamides is 1. The number of anilines is 1. The fourth-order valence-electron chi connectivity index (χ4n) is 1.41. The molecule has 1 heterocycles. The first-order valence-electron chi connectivity index (χ1n) is 5.16. The zero-order valence-corrected chi connectivity index (χ0v) is 12.7. The Bertz CT molecular complexity index is 818. The molecule has 1 aromatic heterocycles. The molecule has 0 aliphatic heterocycles. The minimum absolute atomic E-state index is 0.0318. The van der Waals surface area contributed by atoms with Crippen LogP contribution in [0.3, 0.4) is 0 Å². The standard InChI is InChI=1S/C11H7Cl3N2O3S/c12-6-3-8(14)9(4-7(6)13)16-20(18,19)11-5-15-2-1-10(11)17/h1-5,16H,(H,15,17). The SMILES string of the molecule is O=c1cc[nH]cc1S(=O)(=O)Nc1cc(Cl)c(Cl)cc1Cl. The Morgan fingerprint density at radius 3 is 2.35 bits per heavy atom. The second-order valence-corrected chi connectivity index (χ2v) is 6.60. The highest BCUT2D eigenvalue weighted by molar-refractivity contribution is 7.92. The molecule has 9 heteroatoms. The van der Waals surface area contributed by atoms with Gasteiger partial charge in [-0.25, -0.2) is 8.42 Å². The van der Waals surface area contributed by atoms with E-state index < -0.39 is 20.3 Å². The van der Waals surface area contributed by atoms with Crippen molar-refractivity contribution in [2.75, 3.05) is 4.72 Å². The fraction of sp³-hybridized carbons (Fsp3) is 0. The zero-order valence-electron chi connectivity index (χ0n) is 9.65. The lowest BCUT2D eigenvalue weighted by molar-refractivity contribution is 0.600. The van der Waals surface area contributed by atoms with Crippen molar-refractivity contribution < 1.29 is 8.42 Å². The van der Waals surface area contributed by atoms with E-state index in [0.29, 0.717) is 0 Å². The molecule has 0 aliphatic carbocycles. The van der Waals surface area contributed by atoms with Crippen LogP contribution in [0.1, 0.15) is 0 Å². The topological polar surface area (TPSA) is 79.0 Å². The molecule has 0 saturated carbocycles. The number of nitrogens with one attached hydrogen (secondary N) is 2. The highest BCUT2D eigenvalue weighted by Gasteiger charge is 2.19. The van der Waals surface area contributed by atoms with E-state index in [4.69, 9.17) is 34.8 Å². The van der Waals surface area contributed by atoms with Crippen LogP contribution in [-0.4, -0.2) is 13.4 Å². The Morgan fingerprint density at radius 2 is 1.70 bits per heavy atom. The Morgan fingerprint density at radius 1 is 1.05 bits per heavy atom. The van der Waals surface area contributed by atoms with E-state index in [9.17, 15) is 13.2 Å². The molecule has 0 fully saturated rings. The maximum absolute atomic E-state index is 12.1. The first-order chi connectivity index (χ1) is 9.31. The number of hydrogen-bond donors (Lipinski definition) is 2. The van der Waals surface area contributed by atoms with Gasteiger partial charge in [-0.3, -0.25) is 9.52 Å². The van der Waals surface area contributed by atoms with Crippen LogP contribution >= 0.6 is 34.8 Å². The quantitative estimate of drug-likeness (QED) is 0.832. The maximum Gasteiger partial charge on any atom is 0.267 e. The van der Waals surface area contributed by atoms with Crippen LogP contribution < -0.4 is 10.2 Å². The summed E-state index contributed by atoms with van der Waals surface area (Å²) >= 11 is 17.4. The lowest BCUT2D eigenvalue weighted by Crippen LogP contribution is -2.21. The lowest BCUT2D eigenvalue weighted by Gasteiger charge is -2.10. The minimum Gasteiger partial charge on any atom is -0.366 e. The molecule has 0 spiro atoms. The van der Waals surface area contributed by atoms with Crippen LogP contribution in [-0.2, 0) is 10.0 Å². The molecule has 2 N–H and O–H groups in total. The Hall–Kier alpha value is -1.21. The van der Waals surface area contributed by atoms with Gasteiger partial charge in [0.1, 0.15) is 0 Å². The van der Waals surface area contributed by atoms with Crippen LogP contribution in [0.25, 0.3) is 0 Å². The molecular formula is C11H7Cl3N2O3S. The molecule has 5 nitrogen and oxygen atoms in total. The van der Waals surface area contributed by atoms with Gasteiger partial charge in [0, 0.05) is 18.5 Å². The van der Waals surface area contributed by atoms with Gasteiger partial charge in [-0.1, -0.05) is 34.8 Å². The normalized spacial score (nSPS) is 11.3. The average molecular weight is 354 g/mol. The van der Waals surface area contributed by atoms with Crippen molar-refractivity contribution in [3.63, 3.8) is 0 Å². The number of aromatic nitrogens is 1. The van der Waals surface area contributed by atoms with Crippen LogP contribution in [0.4, 0.5) is 5.69 Å². The van der Waals surface area contributed by atoms with E-state index in [-0.39, 0.29) is 20.8 Å². The second kappa shape index (κ2) is 5.65. The molecule has 0 bridgehead atoms. The second-order valence-electron chi connectivity index (χ2n) is 3.72. The van der Waals surface area contributed by atoms with Gasteiger partial charge >= 0.3 is 0 Å². The van der Waals surface area contributed by atoms with Crippen molar-refractivity contribution >= 4 is 50.5 Å². The van der Waals surface area contributed by atoms with Gasteiger partial charge in [-0.05, 0) is 12.1 Å². The van der Waals surface area contributed by atoms with Crippen LogP contribution in [0, 0.1) is 0 Å². The van der Waals surface area contributed by atoms with Crippen molar-refractivity contribution in [2.45, 2.75) is 4.90 Å². The number of rotatable bonds is 3. The largest absolute Gasteiger partial charge is 0.366 e. The summed E-state index contributed by atoms with van der Waals surface area (Å²) in [5.74, 6) is 0. The van der Waals surface area contributed by atoms with Gasteiger partial charge in [-0.2, -0.15) is 0 Å². The summed E-state index contributed by atoms with van der Waals surface area (Å²) in [7, 11) is -4.08. The van der Waals surface area contributed by atoms with Crippen LogP contribution in [0.2, 0.25) is 15.1 Å². The number of aromatic amines is 1. The van der Waals surface area contributed by atoms with E-state index in [1.807, 2.05) is 0 Å². The van der Waals surface area contributed by atoms with Crippen molar-refractivity contribution in [3.8, 4) is 0 Å². The Labute approximate surface area is 129 Å². The van der Waals surface area contributed by atoms with E-state index in [1.165, 1.54) is 18.3 Å². The molecule has 0 atom stereocenters. The summed E-state index contributed by atoms with van der Waals surface area (Å²) in [6.45, 7) is 0. The van der Waals surface area contributed by atoms with E-state index in [2.05, 4.69) is 9.71 Å². The van der Waals surface area contributed by atoms with Gasteiger partial charge in [0.05, 0.1) is 20.8 Å². The van der Waals surface area contributed by atoms with Crippen LogP contribution in [0.5, 0.6) is 0 Å². The summed E-state index contributed by atoms with van der Waals surface area (Å²) in [6, 6.07) is 3.67. The lowest BCUT2D eigenvalue weighted by atomic mass is 10.3. The molecule has 0 unspecified atom stereocenters. The first-order valence-corrected chi connectivity index (χ1v) is 7.77. The molecule has 20 heavy (non-hydrogen) atoms. The van der Waals surface area contributed by atoms with Gasteiger partial charge in [-0.15, -0.1) is 0 Å². The van der Waals surface area contributed by atoms with Crippen LogP contribution in [0.15, 0.2) is 40.3 Å². The van der Waals surface area contributed by atoms with E-state index in [0.717, 1.165) is 12.3 Å². The third-order valence-electron chi connectivity index (χ3n) is 2.33. The predicted molar refractivity (Wildman–Crippen MR) is 79.3 cm³/mol. The van der Waals surface area contributed by atoms with Gasteiger partial charge < -0.3 is 4.98 Å². The van der Waals surface area contributed by atoms with Crippen molar-refractivity contribution in [1.82, 2.24) is 4.98 Å². The minimum atomic E-state index is -4.08. The third-order valence-corrected chi connectivity index (χ3v) is 4.75. The average Bonchev–Trinajstić information content (AvgIpc) is 2.36. The molecule has 1 aromatic carbocycles. The Balaban J connectivity index is 2.47. The number of H-pyrrole nitrogens is 1. The summed E-state index contributed by atoms with van der Waals surface area (Å²) in [6.07, 6.45) is 2.41. The van der Waals surface area contributed by atoms with Crippen molar-refractivity contribution in [1.29, 1.82) is 0 Å². The van der Waals surface area contributed by atoms with Crippen molar-refractivity contribution in [2.24, 2.45) is 0 Å². The molecule has 0 radical (unpaired) electrons. The molecular weight excluding hydrogens is 347 g/mol. The predicted octanol–water partition coefficient (Wildman–Crippen LogP) is 3.14. The molecule has 2 aromatic rings. The summed E-state index contributed by atoms with van der Waals surface area (Å²) in [5, 5.41) is 0.392. The Kier molecular flexibility index (Phi) is 4.29. The smallest absolute Gasteiger partial charge is 0.267 e. The fourth-order valence-corrected chi connectivity index (χ4v) is 3.19. The van der Waals surface area contributed by atoms with Gasteiger partial charge in [0.25, 0.3) is 10.0 Å².